The zero-order chi connectivity index (χ0) is 14.5. The van der Waals surface area contributed by atoms with Gasteiger partial charge in [0.05, 0.1) is 19.8 Å². The third-order valence-electron chi connectivity index (χ3n) is 2.98. The van der Waals surface area contributed by atoms with Gasteiger partial charge in [0, 0.05) is 9.99 Å². The topological polar surface area (TPSA) is 35.5 Å². The molecule has 0 spiro atoms. The van der Waals surface area contributed by atoms with Crippen molar-refractivity contribution in [2.45, 2.75) is 6.42 Å². The molecule has 0 atom stereocenters. The van der Waals surface area contributed by atoms with Crippen LogP contribution in [0.25, 0.3) is 0 Å². The Morgan fingerprint density at radius 1 is 1.05 bits per heavy atom. The lowest BCUT2D eigenvalue weighted by atomic mass is 10.0. The molecule has 0 aliphatic rings. The second kappa shape index (κ2) is 6.74. The molecule has 3 nitrogen and oxygen atoms in total. The SMILES string of the molecule is COc1cccc(C(=O)Cc2ccc(I)cc2)c1OC. The average molecular weight is 382 g/mol. The van der Waals surface area contributed by atoms with Crippen molar-refractivity contribution in [2.24, 2.45) is 0 Å². The van der Waals surface area contributed by atoms with E-state index < -0.39 is 0 Å². The van der Waals surface area contributed by atoms with Crippen molar-refractivity contribution in [2.75, 3.05) is 14.2 Å². The molecule has 4 heteroatoms. The minimum atomic E-state index is 0.0157. The molecular formula is C16H15IO3. The maximum atomic E-state index is 12.4. The molecule has 2 aromatic carbocycles. The normalized spacial score (nSPS) is 10.2. The van der Waals surface area contributed by atoms with Crippen molar-refractivity contribution in [3.63, 3.8) is 0 Å². The Kier molecular flexibility index (Phi) is 5.00. The lowest BCUT2D eigenvalue weighted by Gasteiger charge is -2.11. The van der Waals surface area contributed by atoms with E-state index in [9.17, 15) is 4.79 Å². The van der Waals surface area contributed by atoms with Crippen LogP contribution in [0.4, 0.5) is 0 Å². The molecule has 2 aromatic rings. The third-order valence-corrected chi connectivity index (χ3v) is 3.70. The van der Waals surface area contributed by atoms with Gasteiger partial charge >= 0.3 is 0 Å². The summed E-state index contributed by atoms with van der Waals surface area (Å²) in [5, 5.41) is 0. The van der Waals surface area contributed by atoms with E-state index >= 15 is 0 Å². The summed E-state index contributed by atoms with van der Waals surface area (Å²) in [6, 6.07) is 13.2. The number of hydrogen-bond acceptors (Lipinski definition) is 3. The lowest BCUT2D eigenvalue weighted by molar-refractivity contribution is 0.0989. The monoisotopic (exact) mass is 382 g/mol. The molecule has 0 aromatic heterocycles. The zero-order valence-corrected chi connectivity index (χ0v) is 13.5. The molecule has 0 amide bonds. The minimum absolute atomic E-state index is 0.0157. The molecule has 0 bridgehead atoms. The Labute approximate surface area is 132 Å². The summed E-state index contributed by atoms with van der Waals surface area (Å²) in [7, 11) is 3.10. The molecule has 0 heterocycles. The Morgan fingerprint density at radius 2 is 1.75 bits per heavy atom. The number of ketones is 1. The molecule has 20 heavy (non-hydrogen) atoms. The largest absolute Gasteiger partial charge is 0.493 e. The number of benzene rings is 2. The molecule has 0 saturated heterocycles. The van der Waals surface area contributed by atoms with Crippen molar-refractivity contribution in [3.8, 4) is 11.5 Å². The predicted octanol–water partition coefficient (Wildman–Crippen LogP) is 3.73. The highest BCUT2D eigenvalue weighted by Crippen LogP contribution is 2.31. The molecule has 0 aliphatic heterocycles. The molecule has 104 valence electrons. The second-order valence-electron chi connectivity index (χ2n) is 4.27. The zero-order valence-electron chi connectivity index (χ0n) is 11.4. The van der Waals surface area contributed by atoms with Gasteiger partial charge in [0.2, 0.25) is 0 Å². The van der Waals surface area contributed by atoms with Crippen molar-refractivity contribution in [1.82, 2.24) is 0 Å². The van der Waals surface area contributed by atoms with E-state index in [0.717, 1.165) is 9.13 Å². The van der Waals surface area contributed by atoms with Crippen molar-refractivity contribution in [1.29, 1.82) is 0 Å². The van der Waals surface area contributed by atoms with Crippen LogP contribution in [0, 0.1) is 3.57 Å². The summed E-state index contributed by atoms with van der Waals surface area (Å²) in [5.41, 5.74) is 1.53. The fourth-order valence-electron chi connectivity index (χ4n) is 1.99. The number of methoxy groups -OCH3 is 2. The van der Waals surface area contributed by atoms with Crippen molar-refractivity contribution < 1.29 is 14.3 Å². The first-order valence-electron chi connectivity index (χ1n) is 6.14. The standard InChI is InChI=1S/C16H15IO3/c1-19-15-5-3-4-13(16(15)20-2)14(18)10-11-6-8-12(17)9-7-11/h3-9H,10H2,1-2H3. The van der Waals surface area contributed by atoms with Crippen LogP contribution in [0.3, 0.4) is 0 Å². The van der Waals surface area contributed by atoms with E-state index in [2.05, 4.69) is 22.6 Å². The predicted molar refractivity (Wildman–Crippen MR) is 86.7 cm³/mol. The summed E-state index contributed by atoms with van der Waals surface area (Å²) in [6.45, 7) is 0. The summed E-state index contributed by atoms with van der Waals surface area (Å²) in [5.74, 6) is 1.08. The fourth-order valence-corrected chi connectivity index (χ4v) is 2.35. The summed E-state index contributed by atoms with van der Waals surface area (Å²) >= 11 is 2.24. The average Bonchev–Trinajstić information content (AvgIpc) is 2.48. The van der Waals surface area contributed by atoms with E-state index in [1.54, 1.807) is 32.4 Å². The second-order valence-corrected chi connectivity index (χ2v) is 5.51. The third kappa shape index (κ3) is 3.30. The Balaban J connectivity index is 2.27. The highest BCUT2D eigenvalue weighted by Gasteiger charge is 2.16. The van der Waals surface area contributed by atoms with Crippen LogP contribution in [-0.2, 0) is 6.42 Å². The highest BCUT2D eigenvalue weighted by atomic mass is 127. The van der Waals surface area contributed by atoms with Crippen LogP contribution in [-0.4, -0.2) is 20.0 Å². The van der Waals surface area contributed by atoms with Gasteiger partial charge in [-0.15, -0.1) is 0 Å². The maximum absolute atomic E-state index is 12.4. The van der Waals surface area contributed by atoms with E-state index in [0.29, 0.717) is 23.5 Å². The van der Waals surface area contributed by atoms with Crippen LogP contribution in [0.15, 0.2) is 42.5 Å². The fraction of sp³-hybridized carbons (Fsp3) is 0.188. The van der Waals surface area contributed by atoms with Gasteiger partial charge in [-0.3, -0.25) is 4.79 Å². The number of hydrogen-bond donors (Lipinski definition) is 0. The van der Waals surface area contributed by atoms with Gasteiger partial charge in [-0.25, -0.2) is 0 Å². The van der Waals surface area contributed by atoms with E-state index in [1.165, 1.54) is 0 Å². The first kappa shape index (κ1) is 14.8. The highest BCUT2D eigenvalue weighted by molar-refractivity contribution is 14.1. The van der Waals surface area contributed by atoms with E-state index in [4.69, 9.17) is 9.47 Å². The number of rotatable bonds is 5. The number of ether oxygens (including phenoxy) is 2. The molecule has 2 rings (SSSR count). The molecule has 0 N–H and O–H groups in total. The Morgan fingerprint density at radius 3 is 2.35 bits per heavy atom. The van der Waals surface area contributed by atoms with E-state index in [-0.39, 0.29) is 5.78 Å². The van der Waals surface area contributed by atoms with Crippen LogP contribution in [0.1, 0.15) is 15.9 Å². The molecule has 0 unspecified atom stereocenters. The Bertz CT molecular complexity index is 606. The molecular weight excluding hydrogens is 367 g/mol. The van der Waals surface area contributed by atoms with Gasteiger partial charge < -0.3 is 9.47 Å². The van der Waals surface area contributed by atoms with Crippen LogP contribution in [0.5, 0.6) is 11.5 Å². The van der Waals surface area contributed by atoms with Crippen molar-refractivity contribution in [3.05, 3.63) is 57.2 Å². The summed E-state index contributed by atoms with van der Waals surface area (Å²) in [4.78, 5) is 12.4. The van der Waals surface area contributed by atoms with Gasteiger partial charge in [0.15, 0.2) is 17.3 Å². The van der Waals surface area contributed by atoms with Gasteiger partial charge in [0.1, 0.15) is 0 Å². The minimum Gasteiger partial charge on any atom is -0.493 e. The van der Waals surface area contributed by atoms with Crippen molar-refractivity contribution >= 4 is 28.4 Å². The van der Waals surface area contributed by atoms with Gasteiger partial charge in [-0.2, -0.15) is 0 Å². The van der Waals surface area contributed by atoms with E-state index in [1.807, 2.05) is 24.3 Å². The molecule has 0 saturated carbocycles. The smallest absolute Gasteiger partial charge is 0.171 e. The molecule has 0 radical (unpaired) electrons. The summed E-state index contributed by atoms with van der Waals surface area (Å²) < 4.78 is 11.7. The first-order chi connectivity index (χ1) is 9.65. The quantitative estimate of drug-likeness (QED) is 0.584. The van der Waals surface area contributed by atoms with Crippen LogP contribution < -0.4 is 9.47 Å². The number of para-hydroxylation sites is 1. The Hall–Kier alpha value is -1.56. The lowest BCUT2D eigenvalue weighted by Crippen LogP contribution is -2.06. The number of halogens is 1. The number of carbonyl (C=O) groups is 1. The van der Waals surface area contributed by atoms with Gasteiger partial charge in [-0.05, 0) is 52.4 Å². The summed E-state index contributed by atoms with van der Waals surface area (Å²) in [6.07, 6.45) is 0.348. The van der Waals surface area contributed by atoms with Crippen LogP contribution in [0.2, 0.25) is 0 Å². The molecule has 0 aliphatic carbocycles. The number of Topliss-reactive ketones (excluding diaryl/α,β-unsaturated/α-hetero) is 1. The van der Waals surface area contributed by atoms with Gasteiger partial charge in [-0.1, -0.05) is 18.2 Å². The molecule has 0 fully saturated rings. The van der Waals surface area contributed by atoms with Gasteiger partial charge in [0.25, 0.3) is 0 Å². The first-order valence-corrected chi connectivity index (χ1v) is 7.22. The maximum Gasteiger partial charge on any atom is 0.171 e. The van der Waals surface area contributed by atoms with Crippen LogP contribution >= 0.6 is 22.6 Å². The number of carbonyl (C=O) groups excluding carboxylic acids is 1.